The van der Waals surface area contributed by atoms with Gasteiger partial charge >= 0.3 is 5.56 Å². The number of piperidine rings is 2. The first-order chi connectivity index (χ1) is 15.9. The van der Waals surface area contributed by atoms with Gasteiger partial charge in [0, 0.05) is 24.3 Å². The Kier molecular flexibility index (Phi) is 8.73. The summed E-state index contributed by atoms with van der Waals surface area (Å²) in [4.78, 5) is 17.5. The van der Waals surface area contributed by atoms with E-state index in [1.165, 1.54) is 50.7 Å². The number of pyridine rings is 1. The molecule has 1 aromatic heterocycles. The van der Waals surface area contributed by atoms with Crippen LogP contribution in [0.1, 0.15) is 57.1 Å². The first-order valence-corrected chi connectivity index (χ1v) is 13.5. The number of aryl methyl sites for hydroxylation is 1. The van der Waals surface area contributed by atoms with Crippen molar-refractivity contribution in [3.63, 3.8) is 0 Å². The molecule has 0 atom stereocenters. The zero-order chi connectivity index (χ0) is 24.0. The molecule has 1 aromatic carbocycles. The minimum Gasteiger partial charge on any atom is -0.503 e. The van der Waals surface area contributed by atoms with E-state index in [0.717, 1.165) is 31.5 Å². The van der Waals surface area contributed by atoms with Crippen LogP contribution in [-0.2, 0) is 16.6 Å². The molecule has 33 heavy (non-hydrogen) atoms. The summed E-state index contributed by atoms with van der Waals surface area (Å²) in [6.07, 6.45) is 7.33. The van der Waals surface area contributed by atoms with Gasteiger partial charge in [-0.25, -0.2) is 12.4 Å². The molecule has 7 nitrogen and oxygen atoms in total. The molecule has 0 saturated carbocycles. The number of nitrogens with zero attached hydrogens (tertiary/aromatic N) is 3. The van der Waals surface area contributed by atoms with Gasteiger partial charge in [0.25, 0.3) is 10.0 Å². The molecule has 0 amide bonds. The minimum absolute atomic E-state index is 0.0205. The highest BCUT2D eigenvalue weighted by molar-refractivity contribution is 7.90. The molecule has 2 aromatic rings. The molecule has 4 rings (SSSR count). The molecule has 2 aliphatic rings. The van der Waals surface area contributed by atoms with Crippen LogP contribution in [0.4, 0.5) is 0 Å². The van der Waals surface area contributed by atoms with Crippen molar-refractivity contribution in [3.05, 3.63) is 58.0 Å². The van der Waals surface area contributed by atoms with Crippen LogP contribution in [0.2, 0.25) is 0 Å². The van der Waals surface area contributed by atoms with Crippen LogP contribution >= 0.6 is 0 Å². The van der Waals surface area contributed by atoms with Crippen molar-refractivity contribution >= 4 is 10.0 Å². The highest BCUT2D eigenvalue weighted by atomic mass is 32.2. The third-order valence-corrected chi connectivity index (χ3v) is 8.23. The lowest BCUT2D eigenvalue weighted by atomic mass is 9.99. The maximum atomic E-state index is 12.8. The van der Waals surface area contributed by atoms with Gasteiger partial charge in [-0.3, -0.25) is 9.69 Å². The summed E-state index contributed by atoms with van der Waals surface area (Å²) < 4.78 is 26.3. The second kappa shape index (κ2) is 11.3. The van der Waals surface area contributed by atoms with Gasteiger partial charge in [0.1, 0.15) is 0 Å². The van der Waals surface area contributed by atoms with Crippen molar-refractivity contribution < 1.29 is 13.5 Å². The Balaban J connectivity index is 0.00000149. The first kappa shape index (κ1) is 25.5. The molecule has 8 heteroatoms. The average molecular weight is 476 g/mol. The van der Waals surface area contributed by atoms with E-state index in [1.807, 2.05) is 20.8 Å². The molecular weight excluding hydrogens is 438 g/mol. The van der Waals surface area contributed by atoms with Crippen LogP contribution in [-0.4, -0.2) is 59.5 Å². The molecule has 0 aliphatic carbocycles. The number of benzene rings is 1. The minimum atomic E-state index is -4.05. The monoisotopic (exact) mass is 475 g/mol. The molecule has 0 spiro atoms. The zero-order valence-electron chi connectivity index (χ0n) is 20.0. The Morgan fingerprint density at radius 1 is 0.939 bits per heavy atom. The standard InChI is InChI=1S/C23H31N3O4S.C2H6/c1-18-5-7-21(8-6-18)31(29,30)26-16-9-19(22(27)23(26)28)17-24-14-10-20(11-15-24)25-12-3-2-4-13-25;1-2/h5-9,16,20,27H,2-4,10-15,17H2,1H3;1-2H3. The van der Waals surface area contributed by atoms with E-state index in [9.17, 15) is 18.3 Å². The van der Waals surface area contributed by atoms with Crippen molar-refractivity contribution in [2.75, 3.05) is 26.2 Å². The van der Waals surface area contributed by atoms with Gasteiger partial charge in [0.2, 0.25) is 0 Å². The van der Waals surface area contributed by atoms with Gasteiger partial charge in [-0.2, -0.15) is 0 Å². The molecule has 0 radical (unpaired) electrons. The third kappa shape index (κ3) is 5.86. The summed E-state index contributed by atoms with van der Waals surface area (Å²) in [6, 6.07) is 8.46. The quantitative estimate of drug-likeness (QED) is 0.712. The predicted octanol–water partition coefficient (Wildman–Crippen LogP) is 3.58. The lowest BCUT2D eigenvalue weighted by Gasteiger charge is -2.40. The van der Waals surface area contributed by atoms with Crippen molar-refractivity contribution in [1.82, 2.24) is 13.8 Å². The maximum Gasteiger partial charge on any atom is 0.306 e. The van der Waals surface area contributed by atoms with Crippen LogP contribution in [0, 0.1) is 6.92 Å². The van der Waals surface area contributed by atoms with Gasteiger partial charge in [-0.05, 0) is 77.0 Å². The van der Waals surface area contributed by atoms with E-state index in [1.54, 1.807) is 18.2 Å². The second-order valence-corrected chi connectivity index (χ2v) is 10.5. The molecule has 2 saturated heterocycles. The summed E-state index contributed by atoms with van der Waals surface area (Å²) in [7, 11) is -4.05. The van der Waals surface area contributed by atoms with Crippen molar-refractivity contribution in [2.45, 2.75) is 70.4 Å². The molecule has 2 fully saturated rings. The molecule has 1 N–H and O–H groups in total. The zero-order valence-corrected chi connectivity index (χ0v) is 20.9. The largest absolute Gasteiger partial charge is 0.503 e. The van der Waals surface area contributed by atoms with Crippen LogP contribution < -0.4 is 5.56 Å². The van der Waals surface area contributed by atoms with Crippen LogP contribution in [0.25, 0.3) is 0 Å². The van der Waals surface area contributed by atoms with E-state index in [-0.39, 0.29) is 4.90 Å². The SMILES string of the molecule is CC.Cc1ccc(S(=O)(=O)n2ccc(CN3CCC(N4CCCCC4)CC3)c(O)c2=O)cc1. The summed E-state index contributed by atoms with van der Waals surface area (Å²) in [5.74, 6) is -0.489. The smallest absolute Gasteiger partial charge is 0.306 e. The molecule has 2 aliphatic heterocycles. The third-order valence-electron chi connectivity index (χ3n) is 6.55. The lowest BCUT2D eigenvalue weighted by molar-refractivity contribution is 0.0893. The van der Waals surface area contributed by atoms with Crippen LogP contribution in [0.3, 0.4) is 0 Å². The van der Waals surface area contributed by atoms with E-state index in [4.69, 9.17) is 0 Å². The number of hydrogen-bond acceptors (Lipinski definition) is 6. The molecule has 3 heterocycles. The Morgan fingerprint density at radius 3 is 2.15 bits per heavy atom. The predicted molar refractivity (Wildman–Crippen MR) is 131 cm³/mol. The number of hydrogen-bond donors (Lipinski definition) is 1. The highest BCUT2D eigenvalue weighted by Gasteiger charge is 2.27. The first-order valence-electron chi connectivity index (χ1n) is 12.1. The summed E-state index contributed by atoms with van der Waals surface area (Å²) in [5, 5.41) is 10.5. The number of likely N-dealkylation sites (tertiary alicyclic amines) is 2. The summed E-state index contributed by atoms with van der Waals surface area (Å²) in [5.41, 5.74) is 0.492. The summed E-state index contributed by atoms with van der Waals surface area (Å²) in [6.45, 7) is 10.5. The van der Waals surface area contributed by atoms with Crippen molar-refractivity contribution in [1.29, 1.82) is 0 Å². The normalized spacial score (nSPS) is 18.5. The van der Waals surface area contributed by atoms with E-state index >= 15 is 0 Å². The topological polar surface area (TPSA) is 82.8 Å². The fraction of sp³-hybridized carbons (Fsp3) is 0.560. The Morgan fingerprint density at radius 2 is 1.55 bits per heavy atom. The van der Waals surface area contributed by atoms with Crippen LogP contribution in [0.5, 0.6) is 5.75 Å². The number of rotatable bonds is 5. The van der Waals surface area contributed by atoms with E-state index in [0.29, 0.717) is 22.1 Å². The van der Waals surface area contributed by atoms with Gasteiger partial charge in [-0.15, -0.1) is 0 Å². The van der Waals surface area contributed by atoms with Gasteiger partial charge in [0.05, 0.1) is 4.90 Å². The molecule has 0 bridgehead atoms. The molecule has 182 valence electrons. The van der Waals surface area contributed by atoms with Gasteiger partial charge in [0.15, 0.2) is 5.75 Å². The fourth-order valence-corrected chi connectivity index (χ4v) is 5.89. The van der Waals surface area contributed by atoms with Crippen molar-refractivity contribution in [2.24, 2.45) is 0 Å². The number of aromatic hydroxyl groups is 1. The van der Waals surface area contributed by atoms with Gasteiger partial charge < -0.3 is 10.0 Å². The second-order valence-electron chi connectivity index (χ2n) is 8.71. The molecule has 0 unspecified atom stereocenters. The highest BCUT2D eigenvalue weighted by Crippen LogP contribution is 2.24. The maximum absolute atomic E-state index is 12.8. The van der Waals surface area contributed by atoms with Gasteiger partial charge in [-0.1, -0.05) is 38.0 Å². The van der Waals surface area contributed by atoms with E-state index < -0.39 is 21.3 Å². The van der Waals surface area contributed by atoms with E-state index in [2.05, 4.69) is 9.80 Å². The Bertz CT molecular complexity index is 1070. The molecular formula is C25H37N3O4S. The number of aromatic nitrogens is 1. The Labute approximate surface area is 197 Å². The van der Waals surface area contributed by atoms with Crippen LogP contribution in [0.15, 0.2) is 46.2 Å². The fourth-order valence-electron chi connectivity index (χ4n) is 4.65. The average Bonchev–Trinajstić information content (AvgIpc) is 2.84. The summed E-state index contributed by atoms with van der Waals surface area (Å²) >= 11 is 0. The Hall–Kier alpha value is -2.16. The lowest BCUT2D eigenvalue weighted by Crippen LogP contribution is -2.46. The van der Waals surface area contributed by atoms with Crippen molar-refractivity contribution in [3.8, 4) is 5.75 Å².